The molecule has 0 heterocycles. The van der Waals surface area contributed by atoms with Gasteiger partial charge in [0, 0.05) is 24.5 Å². The first-order chi connectivity index (χ1) is 14.6. The Labute approximate surface area is 187 Å². The second-order valence-corrected chi connectivity index (χ2v) is 8.50. The van der Waals surface area contributed by atoms with Crippen LogP contribution in [-0.2, 0) is 13.0 Å². The zero-order valence-electron chi connectivity index (χ0n) is 18.5. The topological polar surface area (TPSA) is 50.1 Å². The fourth-order valence-electron chi connectivity index (χ4n) is 3.49. The number of benzene rings is 2. The lowest BCUT2D eigenvalue weighted by Gasteiger charge is -2.20. The number of hydrogen-bond acceptors (Lipinski definition) is 4. The number of aryl methyl sites for hydroxylation is 1. The lowest BCUT2D eigenvalue weighted by molar-refractivity contribution is 0.644. The van der Waals surface area contributed by atoms with Gasteiger partial charge in [0.25, 0.3) is 0 Å². The molecule has 3 nitrogen and oxygen atoms in total. The molecule has 0 aromatic heterocycles. The van der Waals surface area contributed by atoms with Crippen LogP contribution in [0.4, 0.5) is 0 Å². The van der Waals surface area contributed by atoms with Gasteiger partial charge in [-0.15, -0.1) is 0 Å². The number of hydrogen-bond donors (Lipinski definition) is 3. The molecule has 0 bridgehead atoms. The van der Waals surface area contributed by atoms with E-state index in [2.05, 4.69) is 73.4 Å². The molecule has 0 amide bonds. The van der Waals surface area contributed by atoms with E-state index in [1.165, 1.54) is 27.1 Å². The van der Waals surface area contributed by atoms with Gasteiger partial charge >= 0.3 is 0 Å². The van der Waals surface area contributed by atoms with Crippen molar-refractivity contribution in [3.8, 4) is 0 Å². The monoisotopic (exact) mass is 423 g/mol. The van der Waals surface area contributed by atoms with E-state index in [4.69, 9.17) is 5.73 Å². The molecule has 2 aromatic carbocycles. The summed E-state index contributed by atoms with van der Waals surface area (Å²) < 4.78 is 3.51. The van der Waals surface area contributed by atoms with E-state index in [9.17, 15) is 0 Å². The molecule has 4 N–H and O–H groups in total. The average Bonchev–Trinajstić information content (AvgIpc) is 2.79. The Bertz CT molecular complexity index is 799. The highest BCUT2D eigenvalue weighted by atomic mass is 32.2. The molecule has 0 aliphatic heterocycles. The first-order valence-electron chi connectivity index (χ1n) is 10.9. The lowest BCUT2D eigenvalue weighted by atomic mass is 9.90. The largest absolute Gasteiger partial charge is 0.326 e. The Balaban J connectivity index is 1.74. The van der Waals surface area contributed by atoms with Crippen molar-refractivity contribution in [2.75, 3.05) is 19.6 Å². The molecule has 1 atom stereocenters. The van der Waals surface area contributed by atoms with Gasteiger partial charge in [0.1, 0.15) is 0 Å². The molecule has 0 saturated carbocycles. The second kappa shape index (κ2) is 13.5. The Morgan fingerprint density at radius 3 is 2.37 bits per heavy atom. The molecule has 162 valence electrons. The third kappa shape index (κ3) is 7.13. The predicted molar refractivity (Wildman–Crippen MR) is 135 cm³/mol. The highest BCUT2D eigenvalue weighted by Gasteiger charge is 2.15. The van der Waals surface area contributed by atoms with Crippen molar-refractivity contribution in [2.45, 2.75) is 50.5 Å². The maximum atomic E-state index is 5.65. The van der Waals surface area contributed by atoms with Gasteiger partial charge in [-0.3, -0.25) is 4.72 Å². The van der Waals surface area contributed by atoms with Crippen LogP contribution >= 0.6 is 11.9 Å². The molecule has 0 spiro atoms. The summed E-state index contributed by atoms with van der Waals surface area (Å²) >= 11 is 1.72. The van der Waals surface area contributed by atoms with Crippen molar-refractivity contribution < 1.29 is 0 Å². The third-order valence-electron chi connectivity index (χ3n) is 5.47. The maximum Gasteiger partial charge on any atom is 0.0269 e. The van der Waals surface area contributed by atoms with Crippen molar-refractivity contribution in [3.05, 3.63) is 77.4 Å². The van der Waals surface area contributed by atoms with E-state index in [0.29, 0.717) is 12.5 Å². The Morgan fingerprint density at radius 2 is 1.73 bits per heavy atom. The Hall–Kier alpha value is -1.85. The summed E-state index contributed by atoms with van der Waals surface area (Å²) in [6, 6.07) is 13.0. The Kier molecular flexibility index (Phi) is 11.0. The maximum absolute atomic E-state index is 5.65. The molecule has 0 radical (unpaired) electrons. The third-order valence-corrected chi connectivity index (χ3v) is 6.40. The smallest absolute Gasteiger partial charge is 0.0269 e. The van der Waals surface area contributed by atoms with Crippen LogP contribution in [-0.4, -0.2) is 19.6 Å². The molecule has 2 aromatic rings. The van der Waals surface area contributed by atoms with Gasteiger partial charge in [-0.05, 0) is 77.6 Å². The highest BCUT2D eigenvalue weighted by molar-refractivity contribution is 7.97. The first kappa shape index (κ1) is 24.4. The van der Waals surface area contributed by atoms with Gasteiger partial charge in [0.15, 0.2) is 0 Å². The van der Waals surface area contributed by atoms with Crippen LogP contribution < -0.4 is 15.8 Å². The van der Waals surface area contributed by atoms with E-state index in [1.807, 2.05) is 12.2 Å². The normalized spacial score (nSPS) is 12.0. The highest BCUT2D eigenvalue weighted by Crippen LogP contribution is 2.35. The molecule has 0 saturated heterocycles. The molecule has 1 unspecified atom stereocenters. The molecule has 0 aliphatic rings. The van der Waals surface area contributed by atoms with E-state index in [0.717, 1.165) is 44.5 Å². The van der Waals surface area contributed by atoms with Crippen molar-refractivity contribution in [1.29, 1.82) is 0 Å². The first-order valence-corrected chi connectivity index (χ1v) is 11.8. The van der Waals surface area contributed by atoms with E-state index in [1.54, 1.807) is 11.9 Å². The van der Waals surface area contributed by atoms with Crippen LogP contribution in [0.2, 0.25) is 0 Å². The standard InChI is InChI=1S/C26H37N3S/c1-5-20(4)26-24(7-3)23(6-2)14-15-25(26)30-29-18-17-28-16-8-9-21-10-12-22(19-27)13-11-21/h6-7,10-15,20,28-29H,2-3,5,8-9,16-19,27H2,1,4H3. The minimum Gasteiger partial charge on any atom is -0.326 e. The van der Waals surface area contributed by atoms with E-state index in [-0.39, 0.29) is 0 Å². The van der Waals surface area contributed by atoms with Crippen LogP contribution in [0.5, 0.6) is 0 Å². The molecule has 2 rings (SSSR count). The molecule has 4 heteroatoms. The number of nitrogens with one attached hydrogen (secondary N) is 2. The van der Waals surface area contributed by atoms with Gasteiger partial charge in [-0.25, -0.2) is 0 Å². The fourth-order valence-corrected chi connectivity index (χ4v) is 4.41. The fraction of sp³-hybridized carbons (Fsp3) is 0.385. The van der Waals surface area contributed by atoms with Gasteiger partial charge in [0.05, 0.1) is 0 Å². The minimum absolute atomic E-state index is 0.485. The molecule has 0 aliphatic carbocycles. The summed E-state index contributed by atoms with van der Waals surface area (Å²) in [6.07, 6.45) is 7.22. The molecule has 30 heavy (non-hydrogen) atoms. The molecule has 0 fully saturated rings. The van der Waals surface area contributed by atoms with Crippen molar-refractivity contribution in [3.63, 3.8) is 0 Å². The lowest BCUT2D eigenvalue weighted by Crippen LogP contribution is -2.25. The van der Waals surface area contributed by atoms with Crippen molar-refractivity contribution in [2.24, 2.45) is 5.73 Å². The number of rotatable bonds is 14. The van der Waals surface area contributed by atoms with Gasteiger partial charge in [-0.1, -0.05) is 69.5 Å². The summed E-state index contributed by atoms with van der Waals surface area (Å²) in [6.45, 7) is 16.0. The summed E-state index contributed by atoms with van der Waals surface area (Å²) in [4.78, 5) is 1.28. The Morgan fingerprint density at radius 1 is 1.00 bits per heavy atom. The molecular weight excluding hydrogens is 386 g/mol. The van der Waals surface area contributed by atoms with Crippen LogP contribution in [0, 0.1) is 0 Å². The zero-order valence-corrected chi connectivity index (χ0v) is 19.4. The van der Waals surface area contributed by atoms with E-state index < -0.39 is 0 Å². The predicted octanol–water partition coefficient (Wildman–Crippen LogP) is 5.76. The van der Waals surface area contributed by atoms with Gasteiger partial charge in [-0.2, -0.15) is 0 Å². The minimum atomic E-state index is 0.485. The second-order valence-electron chi connectivity index (χ2n) is 7.57. The SMILES string of the molecule is C=Cc1ccc(SNCCNCCCc2ccc(CN)cc2)c(C(C)CC)c1C=C. The van der Waals surface area contributed by atoms with Gasteiger partial charge in [0.2, 0.25) is 0 Å². The van der Waals surface area contributed by atoms with Crippen LogP contribution in [0.15, 0.2) is 54.5 Å². The summed E-state index contributed by atoms with van der Waals surface area (Å²) in [7, 11) is 0. The summed E-state index contributed by atoms with van der Waals surface area (Å²) in [5.41, 5.74) is 12.0. The van der Waals surface area contributed by atoms with Gasteiger partial charge < -0.3 is 11.1 Å². The summed E-state index contributed by atoms with van der Waals surface area (Å²) in [5.74, 6) is 0.485. The van der Waals surface area contributed by atoms with Crippen molar-refractivity contribution >= 4 is 24.1 Å². The van der Waals surface area contributed by atoms with Crippen LogP contribution in [0.3, 0.4) is 0 Å². The quantitative estimate of drug-likeness (QED) is 0.267. The zero-order chi connectivity index (χ0) is 21.8. The van der Waals surface area contributed by atoms with Crippen LogP contribution in [0.1, 0.15) is 60.4 Å². The van der Waals surface area contributed by atoms with E-state index >= 15 is 0 Å². The van der Waals surface area contributed by atoms with Crippen LogP contribution in [0.25, 0.3) is 12.2 Å². The number of nitrogens with two attached hydrogens (primary N) is 1. The summed E-state index contributed by atoms with van der Waals surface area (Å²) in [5, 5.41) is 3.53. The average molecular weight is 424 g/mol. The van der Waals surface area contributed by atoms with Crippen molar-refractivity contribution in [1.82, 2.24) is 10.0 Å². The molecular formula is C26H37N3S.